The number of nitrogens with zero attached hydrogens (tertiary/aromatic N) is 1. The van der Waals surface area contributed by atoms with Crippen LogP contribution in [0.4, 0.5) is 18.9 Å². The monoisotopic (exact) mass is 267 g/mol. The number of alkyl halides is 3. The summed E-state index contributed by atoms with van der Waals surface area (Å²) in [6.07, 6.45) is -2.68. The highest BCUT2D eigenvalue weighted by atomic mass is 19.4. The summed E-state index contributed by atoms with van der Waals surface area (Å²) in [7, 11) is 0. The van der Waals surface area contributed by atoms with Crippen molar-refractivity contribution in [3.63, 3.8) is 0 Å². The lowest BCUT2D eigenvalue weighted by Crippen LogP contribution is -2.09. The van der Waals surface area contributed by atoms with Gasteiger partial charge in [-0.3, -0.25) is 5.43 Å². The van der Waals surface area contributed by atoms with Crippen LogP contribution in [0.5, 0.6) is 0 Å². The molecular weight excluding hydrogens is 255 g/mol. The Balaban J connectivity index is 2.23. The average Bonchev–Trinajstić information content (AvgIpc) is 2.89. The quantitative estimate of drug-likeness (QED) is 0.643. The van der Waals surface area contributed by atoms with Crippen molar-refractivity contribution in [3.05, 3.63) is 53.9 Å². The SMILES string of the molecule is C/C(=N/Nc1ccccc1C(F)(F)F)c1ccc[nH]1. The number of H-pyrrole nitrogens is 1. The second kappa shape index (κ2) is 5.17. The summed E-state index contributed by atoms with van der Waals surface area (Å²) < 4.78 is 38.3. The first-order chi connectivity index (χ1) is 8.98. The molecule has 0 radical (unpaired) electrons. The molecule has 0 unspecified atom stereocenters. The van der Waals surface area contributed by atoms with Crippen LogP contribution in [0.3, 0.4) is 0 Å². The van der Waals surface area contributed by atoms with Gasteiger partial charge in [-0.1, -0.05) is 12.1 Å². The van der Waals surface area contributed by atoms with Crippen LogP contribution < -0.4 is 5.43 Å². The van der Waals surface area contributed by atoms with Crippen LogP contribution in [0, 0.1) is 0 Å². The van der Waals surface area contributed by atoms with Gasteiger partial charge in [-0.2, -0.15) is 18.3 Å². The van der Waals surface area contributed by atoms with E-state index in [1.54, 1.807) is 25.3 Å². The molecule has 0 fully saturated rings. The number of rotatable bonds is 3. The third kappa shape index (κ3) is 3.15. The van der Waals surface area contributed by atoms with Crippen LogP contribution >= 0.6 is 0 Å². The first-order valence-electron chi connectivity index (χ1n) is 5.59. The van der Waals surface area contributed by atoms with Gasteiger partial charge in [0.2, 0.25) is 0 Å². The van der Waals surface area contributed by atoms with Crippen molar-refractivity contribution in [3.8, 4) is 0 Å². The molecule has 0 saturated heterocycles. The van der Waals surface area contributed by atoms with Gasteiger partial charge in [-0.25, -0.2) is 0 Å². The van der Waals surface area contributed by atoms with Crippen molar-refractivity contribution < 1.29 is 13.2 Å². The molecule has 6 heteroatoms. The molecule has 100 valence electrons. The Kier molecular flexibility index (Phi) is 3.59. The van der Waals surface area contributed by atoms with Gasteiger partial charge in [-0.05, 0) is 31.2 Å². The second-order valence-corrected chi connectivity index (χ2v) is 3.94. The summed E-state index contributed by atoms with van der Waals surface area (Å²) in [5.41, 5.74) is 2.97. The number of aromatic nitrogens is 1. The smallest absolute Gasteiger partial charge is 0.360 e. The molecule has 1 aromatic carbocycles. The molecular formula is C13H12F3N3. The molecule has 0 aliphatic heterocycles. The van der Waals surface area contributed by atoms with Crippen LogP contribution in [0.15, 0.2) is 47.7 Å². The van der Waals surface area contributed by atoms with Gasteiger partial charge in [0.05, 0.1) is 22.7 Å². The van der Waals surface area contributed by atoms with Crippen LogP contribution in [0.2, 0.25) is 0 Å². The predicted molar refractivity (Wildman–Crippen MR) is 68.1 cm³/mol. The minimum Gasteiger partial charge on any atom is -0.360 e. The number of aromatic amines is 1. The zero-order chi connectivity index (χ0) is 13.9. The maximum absolute atomic E-state index is 12.8. The van der Waals surface area contributed by atoms with Crippen molar-refractivity contribution in [2.75, 3.05) is 5.43 Å². The van der Waals surface area contributed by atoms with Crippen LogP contribution in [-0.4, -0.2) is 10.7 Å². The lowest BCUT2D eigenvalue weighted by molar-refractivity contribution is -0.136. The molecule has 1 heterocycles. The number of halogens is 3. The molecule has 0 aliphatic carbocycles. The molecule has 0 saturated carbocycles. The molecule has 0 atom stereocenters. The van der Waals surface area contributed by atoms with E-state index in [2.05, 4.69) is 15.5 Å². The Bertz CT molecular complexity index is 571. The lowest BCUT2D eigenvalue weighted by atomic mass is 10.2. The van der Waals surface area contributed by atoms with E-state index in [0.717, 1.165) is 11.8 Å². The van der Waals surface area contributed by atoms with Crippen molar-refractivity contribution in [2.24, 2.45) is 5.10 Å². The van der Waals surface area contributed by atoms with Crippen molar-refractivity contribution in [1.29, 1.82) is 0 Å². The fraction of sp³-hybridized carbons (Fsp3) is 0.154. The van der Waals surface area contributed by atoms with Gasteiger partial charge in [0, 0.05) is 6.20 Å². The van der Waals surface area contributed by atoms with Crippen LogP contribution in [0.25, 0.3) is 0 Å². The number of benzene rings is 1. The highest BCUT2D eigenvalue weighted by molar-refractivity contribution is 5.97. The zero-order valence-electron chi connectivity index (χ0n) is 10.1. The Hall–Kier alpha value is -2.24. The van der Waals surface area contributed by atoms with E-state index >= 15 is 0 Å². The normalized spacial score (nSPS) is 12.5. The highest BCUT2D eigenvalue weighted by Crippen LogP contribution is 2.34. The number of hydrazone groups is 1. The van der Waals surface area contributed by atoms with Gasteiger partial charge < -0.3 is 4.98 Å². The Morgan fingerprint density at radius 1 is 1.16 bits per heavy atom. The minimum atomic E-state index is -4.40. The summed E-state index contributed by atoms with van der Waals surface area (Å²) >= 11 is 0. The Morgan fingerprint density at radius 3 is 2.53 bits per heavy atom. The fourth-order valence-electron chi connectivity index (χ4n) is 1.59. The summed E-state index contributed by atoms with van der Waals surface area (Å²) in [6.45, 7) is 1.70. The maximum Gasteiger partial charge on any atom is 0.418 e. The summed E-state index contributed by atoms with van der Waals surface area (Å²) in [5, 5.41) is 3.95. The number of anilines is 1. The number of hydrogen-bond donors (Lipinski definition) is 2. The standard InChI is InChI=1S/C13H12F3N3/c1-9(11-7-4-8-17-11)18-19-12-6-3-2-5-10(12)13(14,15)16/h2-8,17,19H,1H3/b18-9-. The van der Waals surface area contributed by atoms with E-state index in [1.165, 1.54) is 18.2 Å². The summed E-state index contributed by atoms with van der Waals surface area (Å²) in [6, 6.07) is 8.80. The van der Waals surface area contributed by atoms with E-state index in [-0.39, 0.29) is 5.69 Å². The fourth-order valence-corrected chi connectivity index (χ4v) is 1.59. The van der Waals surface area contributed by atoms with Crippen molar-refractivity contribution in [1.82, 2.24) is 4.98 Å². The average molecular weight is 267 g/mol. The largest absolute Gasteiger partial charge is 0.418 e. The third-order valence-electron chi connectivity index (χ3n) is 2.56. The van der Waals surface area contributed by atoms with Crippen LogP contribution in [0.1, 0.15) is 18.2 Å². The molecule has 3 nitrogen and oxygen atoms in total. The number of para-hydroxylation sites is 1. The van der Waals surface area contributed by atoms with Gasteiger partial charge in [-0.15, -0.1) is 0 Å². The summed E-state index contributed by atoms with van der Waals surface area (Å²) in [4.78, 5) is 2.93. The first-order valence-corrected chi connectivity index (χ1v) is 5.59. The molecule has 0 amide bonds. The molecule has 19 heavy (non-hydrogen) atoms. The third-order valence-corrected chi connectivity index (χ3v) is 2.56. The van der Waals surface area contributed by atoms with E-state index in [1.807, 2.05) is 0 Å². The maximum atomic E-state index is 12.8. The molecule has 1 aromatic heterocycles. The zero-order valence-corrected chi connectivity index (χ0v) is 10.1. The molecule has 2 aromatic rings. The number of hydrogen-bond acceptors (Lipinski definition) is 2. The van der Waals surface area contributed by atoms with Gasteiger partial charge in [0.25, 0.3) is 0 Å². The predicted octanol–water partition coefficient (Wildman–Crippen LogP) is 3.87. The lowest BCUT2D eigenvalue weighted by Gasteiger charge is -2.12. The number of nitrogens with one attached hydrogen (secondary N) is 2. The van der Waals surface area contributed by atoms with Crippen LogP contribution in [-0.2, 0) is 6.18 Å². The second-order valence-electron chi connectivity index (χ2n) is 3.94. The molecule has 0 bridgehead atoms. The van der Waals surface area contributed by atoms with Gasteiger partial charge >= 0.3 is 6.18 Å². The van der Waals surface area contributed by atoms with Gasteiger partial charge in [0.1, 0.15) is 0 Å². The topological polar surface area (TPSA) is 40.2 Å². The van der Waals surface area contributed by atoms with Gasteiger partial charge in [0.15, 0.2) is 0 Å². The van der Waals surface area contributed by atoms with E-state index < -0.39 is 11.7 Å². The van der Waals surface area contributed by atoms with E-state index in [0.29, 0.717) is 5.71 Å². The molecule has 0 spiro atoms. The first kappa shape index (κ1) is 13.2. The van der Waals surface area contributed by atoms with Crippen molar-refractivity contribution >= 4 is 11.4 Å². The molecule has 2 rings (SSSR count). The minimum absolute atomic E-state index is 0.0686. The Morgan fingerprint density at radius 2 is 1.89 bits per heavy atom. The summed E-state index contributed by atoms with van der Waals surface area (Å²) in [5.74, 6) is 0. The molecule has 2 N–H and O–H groups in total. The Labute approximate surface area is 108 Å². The van der Waals surface area contributed by atoms with E-state index in [9.17, 15) is 13.2 Å². The molecule has 0 aliphatic rings. The highest BCUT2D eigenvalue weighted by Gasteiger charge is 2.33. The van der Waals surface area contributed by atoms with E-state index in [4.69, 9.17) is 0 Å². The van der Waals surface area contributed by atoms with Crippen molar-refractivity contribution in [2.45, 2.75) is 13.1 Å².